The summed E-state index contributed by atoms with van der Waals surface area (Å²) >= 11 is 0. The van der Waals surface area contributed by atoms with Gasteiger partial charge in [0, 0.05) is 0 Å². The zero-order valence-corrected chi connectivity index (χ0v) is 20.1. The average molecular weight is 447 g/mol. The van der Waals surface area contributed by atoms with Crippen molar-refractivity contribution in [3.63, 3.8) is 0 Å². The number of rotatable bonds is 2. The van der Waals surface area contributed by atoms with Gasteiger partial charge in [-0.25, -0.2) is 0 Å². The first-order valence-electron chi connectivity index (χ1n) is 12.4. The van der Waals surface area contributed by atoms with Gasteiger partial charge in [0.05, 0.1) is 0 Å². The highest BCUT2D eigenvalue weighted by Gasteiger charge is 2.22. The van der Waals surface area contributed by atoms with Crippen LogP contribution in [0.4, 0.5) is 0 Å². The van der Waals surface area contributed by atoms with E-state index in [1.165, 1.54) is 77.2 Å². The van der Waals surface area contributed by atoms with Crippen molar-refractivity contribution < 1.29 is 0 Å². The van der Waals surface area contributed by atoms with Crippen LogP contribution in [0.2, 0.25) is 0 Å². The number of fused-ring (bicyclic) bond motifs is 7. The third-order valence-electron chi connectivity index (χ3n) is 7.68. The van der Waals surface area contributed by atoms with E-state index in [4.69, 9.17) is 0 Å². The highest BCUT2D eigenvalue weighted by molar-refractivity contribution is 6.02. The van der Waals surface area contributed by atoms with Gasteiger partial charge in [-0.1, -0.05) is 108 Å². The first-order chi connectivity index (χ1) is 17.1. The Kier molecular flexibility index (Phi) is 4.44. The molecule has 7 rings (SSSR count). The monoisotopic (exact) mass is 446 g/mol. The summed E-state index contributed by atoms with van der Waals surface area (Å²) in [6.45, 7) is 4.27. The second kappa shape index (κ2) is 7.68. The molecule has 1 aliphatic rings. The molecule has 6 aromatic rings. The fourth-order valence-electron chi connectivity index (χ4n) is 5.70. The Hall–Kier alpha value is -4.16. The molecule has 0 saturated heterocycles. The highest BCUT2D eigenvalue weighted by Crippen LogP contribution is 2.44. The van der Waals surface area contributed by atoms with E-state index < -0.39 is 0 Å². The molecule has 35 heavy (non-hydrogen) atoms. The Morgan fingerprint density at radius 1 is 0.400 bits per heavy atom. The summed E-state index contributed by atoms with van der Waals surface area (Å²) in [6, 6.07) is 40.8. The van der Waals surface area contributed by atoms with E-state index in [-0.39, 0.29) is 0 Å². The molecule has 0 fully saturated rings. The lowest BCUT2D eigenvalue weighted by Crippen LogP contribution is -1.87. The Morgan fingerprint density at radius 2 is 0.800 bits per heavy atom. The Balaban J connectivity index is 1.31. The lowest BCUT2D eigenvalue weighted by Gasteiger charge is -2.09. The van der Waals surface area contributed by atoms with Crippen LogP contribution in [0.3, 0.4) is 0 Å². The lowest BCUT2D eigenvalue weighted by molar-refractivity contribution is 1.31. The minimum atomic E-state index is 0.993. The van der Waals surface area contributed by atoms with Gasteiger partial charge in [-0.2, -0.15) is 0 Å². The summed E-state index contributed by atoms with van der Waals surface area (Å²) in [5.41, 5.74) is 13.4. The average Bonchev–Trinajstić information content (AvgIpc) is 3.28. The predicted molar refractivity (Wildman–Crippen MR) is 150 cm³/mol. The normalized spacial score (nSPS) is 12.2. The van der Waals surface area contributed by atoms with Crippen LogP contribution in [0.1, 0.15) is 22.3 Å². The van der Waals surface area contributed by atoms with Crippen LogP contribution in [0.15, 0.2) is 109 Å². The Bertz CT molecular complexity index is 1620. The van der Waals surface area contributed by atoms with Crippen LogP contribution in [0.5, 0.6) is 0 Å². The molecule has 0 spiro atoms. The van der Waals surface area contributed by atoms with E-state index in [1.54, 1.807) is 0 Å². The molecule has 6 aromatic carbocycles. The largest absolute Gasteiger partial charge is 0.0587 e. The zero-order valence-electron chi connectivity index (χ0n) is 20.1. The van der Waals surface area contributed by atoms with Crippen molar-refractivity contribution in [3.8, 4) is 33.4 Å². The first kappa shape index (κ1) is 20.2. The number of aryl methyl sites for hydroxylation is 2. The van der Waals surface area contributed by atoms with Crippen LogP contribution >= 0.6 is 0 Å². The van der Waals surface area contributed by atoms with Gasteiger partial charge in [0.2, 0.25) is 0 Å². The van der Waals surface area contributed by atoms with E-state index in [0.717, 1.165) is 6.42 Å². The second-order valence-corrected chi connectivity index (χ2v) is 9.96. The third-order valence-corrected chi connectivity index (χ3v) is 7.68. The van der Waals surface area contributed by atoms with E-state index in [0.29, 0.717) is 0 Å². The molecule has 166 valence electrons. The molecule has 1 aliphatic carbocycles. The van der Waals surface area contributed by atoms with E-state index in [9.17, 15) is 0 Å². The number of hydrogen-bond donors (Lipinski definition) is 0. The summed E-state index contributed by atoms with van der Waals surface area (Å²) < 4.78 is 0. The minimum absolute atomic E-state index is 0.993. The third kappa shape index (κ3) is 3.29. The molecular weight excluding hydrogens is 420 g/mol. The molecular formula is C35H26. The molecule has 0 radical (unpaired) electrons. The predicted octanol–water partition coefficient (Wildman–Crippen LogP) is 9.52. The Morgan fingerprint density at radius 3 is 1.23 bits per heavy atom. The van der Waals surface area contributed by atoms with Gasteiger partial charge in [-0.3, -0.25) is 0 Å². The van der Waals surface area contributed by atoms with Crippen molar-refractivity contribution in [2.24, 2.45) is 0 Å². The second-order valence-electron chi connectivity index (χ2n) is 9.96. The van der Waals surface area contributed by atoms with Crippen LogP contribution in [0.25, 0.3) is 54.9 Å². The van der Waals surface area contributed by atoms with Gasteiger partial charge < -0.3 is 0 Å². The molecule has 0 bridgehead atoms. The lowest BCUT2D eigenvalue weighted by atomic mass is 9.95. The van der Waals surface area contributed by atoms with Gasteiger partial charge >= 0.3 is 0 Å². The van der Waals surface area contributed by atoms with Crippen molar-refractivity contribution in [2.45, 2.75) is 20.3 Å². The van der Waals surface area contributed by atoms with E-state index in [2.05, 4.69) is 123 Å². The molecule has 0 aromatic heterocycles. The summed E-state index contributed by atoms with van der Waals surface area (Å²) in [5, 5.41) is 5.39. The van der Waals surface area contributed by atoms with Gasteiger partial charge in [-0.05, 0) is 98.5 Å². The van der Waals surface area contributed by atoms with Crippen molar-refractivity contribution in [2.75, 3.05) is 0 Å². The standard InChI is InChI=1S/C35H26/c1-22-3-7-24(8-4-22)26-11-15-30-28(19-26)13-17-32-33-18-14-29-20-27(25-9-5-23(2)6-10-25)12-16-31(29)35(33)21-34(30)32/h3-20H,21H2,1-2H3. The Labute approximate surface area is 206 Å². The van der Waals surface area contributed by atoms with Crippen LogP contribution in [-0.4, -0.2) is 0 Å². The fraction of sp³-hybridized carbons (Fsp3) is 0.0857. The van der Waals surface area contributed by atoms with Gasteiger partial charge in [0.15, 0.2) is 0 Å². The SMILES string of the molecule is Cc1ccc(-c2ccc3c4c(ccc3c2)-c2ccc3cc(-c5ccc(C)cc5)ccc3c2C4)cc1. The fourth-order valence-corrected chi connectivity index (χ4v) is 5.70. The molecule has 0 nitrogen and oxygen atoms in total. The van der Waals surface area contributed by atoms with Gasteiger partial charge in [0.25, 0.3) is 0 Å². The topological polar surface area (TPSA) is 0 Å². The van der Waals surface area contributed by atoms with Crippen molar-refractivity contribution in [1.29, 1.82) is 0 Å². The molecule has 0 aliphatic heterocycles. The summed E-state index contributed by atoms with van der Waals surface area (Å²) in [4.78, 5) is 0. The van der Waals surface area contributed by atoms with Crippen molar-refractivity contribution in [3.05, 3.63) is 131 Å². The van der Waals surface area contributed by atoms with E-state index >= 15 is 0 Å². The molecule has 0 saturated carbocycles. The molecule has 0 atom stereocenters. The zero-order chi connectivity index (χ0) is 23.5. The molecule has 0 amide bonds. The van der Waals surface area contributed by atoms with Crippen molar-refractivity contribution >= 4 is 21.5 Å². The molecule has 0 heterocycles. The van der Waals surface area contributed by atoms with Gasteiger partial charge in [0.1, 0.15) is 0 Å². The molecule has 0 unspecified atom stereocenters. The quantitative estimate of drug-likeness (QED) is 0.248. The van der Waals surface area contributed by atoms with E-state index in [1.807, 2.05) is 0 Å². The van der Waals surface area contributed by atoms with Crippen LogP contribution in [0, 0.1) is 13.8 Å². The first-order valence-corrected chi connectivity index (χ1v) is 12.4. The van der Waals surface area contributed by atoms with Crippen molar-refractivity contribution in [1.82, 2.24) is 0 Å². The van der Waals surface area contributed by atoms with Crippen LogP contribution in [-0.2, 0) is 6.42 Å². The highest BCUT2D eigenvalue weighted by atomic mass is 14.3. The maximum atomic E-state index is 2.34. The van der Waals surface area contributed by atoms with Crippen LogP contribution < -0.4 is 0 Å². The number of hydrogen-bond acceptors (Lipinski definition) is 0. The summed E-state index contributed by atoms with van der Waals surface area (Å²) in [5.74, 6) is 0. The molecule has 0 N–H and O–H groups in total. The summed E-state index contributed by atoms with van der Waals surface area (Å²) in [7, 11) is 0. The maximum Gasteiger partial charge on any atom is -0.000112 e. The smallest absolute Gasteiger partial charge is 0.000112 e. The maximum absolute atomic E-state index is 2.34. The minimum Gasteiger partial charge on any atom is -0.0587 e. The van der Waals surface area contributed by atoms with Gasteiger partial charge in [-0.15, -0.1) is 0 Å². The summed E-state index contributed by atoms with van der Waals surface area (Å²) in [6.07, 6.45) is 0.993. The molecule has 0 heteroatoms. The number of benzene rings is 6.